The first-order valence-corrected chi connectivity index (χ1v) is 6.45. The third-order valence-electron chi connectivity index (χ3n) is 2.70. The summed E-state index contributed by atoms with van der Waals surface area (Å²) in [5, 5.41) is 5.81. The second-order valence-corrected chi connectivity index (χ2v) is 4.58. The lowest BCUT2D eigenvalue weighted by atomic mass is 10.1. The smallest absolute Gasteiger partial charge is 0.255 e. The van der Waals surface area contributed by atoms with Gasteiger partial charge in [0.05, 0.1) is 0 Å². The molecule has 0 radical (unpaired) electrons. The van der Waals surface area contributed by atoms with Crippen molar-refractivity contribution < 1.29 is 14.3 Å². The number of amides is 2. The zero-order chi connectivity index (χ0) is 15.0. The van der Waals surface area contributed by atoms with Crippen molar-refractivity contribution in [2.45, 2.75) is 13.5 Å². The Balaban J connectivity index is 2.49. The maximum absolute atomic E-state index is 11.8. The molecule has 6 nitrogen and oxygen atoms in total. The number of nitrogens with one attached hydrogen (secondary N) is 2. The van der Waals surface area contributed by atoms with Gasteiger partial charge in [-0.05, 0) is 24.7 Å². The van der Waals surface area contributed by atoms with Gasteiger partial charge in [0.2, 0.25) is 5.91 Å². The van der Waals surface area contributed by atoms with Crippen LogP contribution < -0.4 is 21.1 Å². The number of hydrogen-bond donors (Lipinski definition) is 3. The molecule has 1 unspecified atom stereocenters. The van der Waals surface area contributed by atoms with Crippen molar-refractivity contribution in [3.05, 3.63) is 29.8 Å². The van der Waals surface area contributed by atoms with Gasteiger partial charge in [-0.2, -0.15) is 0 Å². The fraction of sp³-hybridized carbons (Fsp3) is 0.429. The minimum atomic E-state index is -0.524. The highest BCUT2D eigenvalue weighted by Crippen LogP contribution is 2.13. The first-order valence-electron chi connectivity index (χ1n) is 6.45. The second kappa shape index (κ2) is 8.16. The third-order valence-corrected chi connectivity index (χ3v) is 2.70. The van der Waals surface area contributed by atoms with Crippen molar-refractivity contribution in [2.75, 3.05) is 20.2 Å². The van der Waals surface area contributed by atoms with Gasteiger partial charge >= 0.3 is 0 Å². The van der Waals surface area contributed by atoms with Gasteiger partial charge in [0.25, 0.3) is 5.91 Å². The Kier molecular flexibility index (Phi) is 6.52. The minimum Gasteiger partial charge on any atom is -0.484 e. The standard InChI is InChI=1S/C14H21N3O3/c1-10(7-16-2)14(19)17-8-11-4-3-5-12(6-11)20-9-13(15)18/h3-6,10,16H,7-9H2,1-2H3,(H2,15,18)(H,17,19). The number of benzene rings is 1. The number of primary amides is 1. The Hall–Kier alpha value is -2.08. The second-order valence-electron chi connectivity index (χ2n) is 4.58. The van der Waals surface area contributed by atoms with E-state index < -0.39 is 5.91 Å². The number of rotatable bonds is 8. The van der Waals surface area contributed by atoms with Gasteiger partial charge in [-0.1, -0.05) is 19.1 Å². The zero-order valence-electron chi connectivity index (χ0n) is 11.8. The highest BCUT2D eigenvalue weighted by molar-refractivity contribution is 5.78. The van der Waals surface area contributed by atoms with Gasteiger partial charge in [0.1, 0.15) is 5.75 Å². The molecular formula is C14H21N3O3. The van der Waals surface area contributed by atoms with Crippen LogP contribution in [-0.4, -0.2) is 32.0 Å². The Labute approximate surface area is 118 Å². The maximum atomic E-state index is 11.8. The number of carbonyl (C=O) groups is 2. The van der Waals surface area contributed by atoms with Crippen LogP contribution in [0.4, 0.5) is 0 Å². The summed E-state index contributed by atoms with van der Waals surface area (Å²) in [4.78, 5) is 22.4. The van der Waals surface area contributed by atoms with Gasteiger partial charge in [0.15, 0.2) is 6.61 Å². The Morgan fingerprint density at radius 2 is 2.15 bits per heavy atom. The Bertz CT molecular complexity index is 463. The van der Waals surface area contributed by atoms with Crippen molar-refractivity contribution in [1.82, 2.24) is 10.6 Å². The molecule has 110 valence electrons. The fourth-order valence-electron chi connectivity index (χ4n) is 1.66. The lowest BCUT2D eigenvalue weighted by molar-refractivity contribution is -0.124. The molecule has 0 saturated heterocycles. The molecular weight excluding hydrogens is 258 g/mol. The Morgan fingerprint density at radius 3 is 2.80 bits per heavy atom. The van der Waals surface area contributed by atoms with E-state index >= 15 is 0 Å². The van der Waals surface area contributed by atoms with E-state index in [9.17, 15) is 9.59 Å². The van der Waals surface area contributed by atoms with Crippen LogP contribution in [0, 0.1) is 5.92 Å². The summed E-state index contributed by atoms with van der Waals surface area (Å²) >= 11 is 0. The van der Waals surface area contributed by atoms with Crippen LogP contribution in [0.25, 0.3) is 0 Å². The van der Waals surface area contributed by atoms with Crippen LogP contribution in [0.15, 0.2) is 24.3 Å². The maximum Gasteiger partial charge on any atom is 0.255 e. The molecule has 0 aliphatic carbocycles. The van der Waals surface area contributed by atoms with Crippen molar-refractivity contribution >= 4 is 11.8 Å². The molecule has 0 saturated carbocycles. The molecule has 2 amide bonds. The molecule has 0 aromatic heterocycles. The number of hydrogen-bond acceptors (Lipinski definition) is 4. The van der Waals surface area contributed by atoms with E-state index in [1.54, 1.807) is 18.2 Å². The molecule has 20 heavy (non-hydrogen) atoms. The lowest BCUT2D eigenvalue weighted by Gasteiger charge is -2.12. The summed E-state index contributed by atoms with van der Waals surface area (Å²) in [5.41, 5.74) is 5.91. The fourth-order valence-corrected chi connectivity index (χ4v) is 1.66. The number of ether oxygens (including phenoxy) is 1. The first-order chi connectivity index (χ1) is 9.52. The van der Waals surface area contributed by atoms with Crippen molar-refractivity contribution in [1.29, 1.82) is 0 Å². The zero-order valence-corrected chi connectivity index (χ0v) is 11.8. The summed E-state index contributed by atoms with van der Waals surface area (Å²) in [6.07, 6.45) is 0. The molecule has 1 atom stereocenters. The quantitative estimate of drug-likeness (QED) is 0.625. The SMILES string of the molecule is CNCC(C)C(=O)NCc1cccc(OCC(N)=O)c1. The average molecular weight is 279 g/mol. The van der Waals surface area contributed by atoms with Crippen molar-refractivity contribution in [3.8, 4) is 5.75 Å². The molecule has 0 bridgehead atoms. The van der Waals surface area contributed by atoms with Gasteiger partial charge in [-0.3, -0.25) is 9.59 Å². The highest BCUT2D eigenvalue weighted by Gasteiger charge is 2.11. The van der Waals surface area contributed by atoms with Crippen LogP contribution in [0.5, 0.6) is 5.75 Å². The van der Waals surface area contributed by atoms with Crippen LogP contribution in [-0.2, 0) is 16.1 Å². The molecule has 0 aliphatic rings. The molecule has 1 aromatic carbocycles. The van der Waals surface area contributed by atoms with E-state index in [0.717, 1.165) is 5.56 Å². The van der Waals surface area contributed by atoms with Crippen LogP contribution in [0.3, 0.4) is 0 Å². The first kappa shape index (κ1) is 16.0. The molecule has 4 N–H and O–H groups in total. The van der Waals surface area contributed by atoms with Crippen molar-refractivity contribution in [2.24, 2.45) is 11.7 Å². The largest absolute Gasteiger partial charge is 0.484 e. The van der Waals surface area contributed by atoms with Gasteiger partial charge < -0.3 is 21.1 Å². The number of carbonyl (C=O) groups excluding carboxylic acids is 2. The van der Waals surface area contributed by atoms with Crippen molar-refractivity contribution in [3.63, 3.8) is 0 Å². The minimum absolute atomic E-state index is 0.0113. The molecule has 0 fully saturated rings. The van der Waals surface area contributed by atoms with Gasteiger partial charge in [-0.15, -0.1) is 0 Å². The van der Waals surface area contributed by atoms with E-state index in [1.807, 2.05) is 20.0 Å². The normalized spacial score (nSPS) is 11.7. The highest BCUT2D eigenvalue weighted by atomic mass is 16.5. The summed E-state index contributed by atoms with van der Waals surface area (Å²) in [7, 11) is 1.81. The van der Waals surface area contributed by atoms with E-state index in [-0.39, 0.29) is 18.4 Å². The topological polar surface area (TPSA) is 93.4 Å². The van der Waals surface area contributed by atoms with E-state index in [2.05, 4.69) is 10.6 Å². The van der Waals surface area contributed by atoms with E-state index in [0.29, 0.717) is 18.8 Å². The molecule has 1 rings (SSSR count). The van der Waals surface area contributed by atoms with Crippen LogP contribution in [0.1, 0.15) is 12.5 Å². The predicted molar refractivity (Wildman–Crippen MR) is 76.1 cm³/mol. The summed E-state index contributed by atoms with van der Waals surface area (Å²) in [6.45, 7) is 2.75. The van der Waals surface area contributed by atoms with Crippen LogP contribution >= 0.6 is 0 Å². The summed E-state index contributed by atoms with van der Waals surface area (Å²) in [5.74, 6) is -0.0690. The molecule has 0 heterocycles. The number of nitrogens with two attached hydrogens (primary N) is 1. The van der Waals surface area contributed by atoms with E-state index in [4.69, 9.17) is 10.5 Å². The molecule has 0 aliphatic heterocycles. The molecule has 1 aromatic rings. The monoisotopic (exact) mass is 279 g/mol. The Morgan fingerprint density at radius 1 is 1.40 bits per heavy atom. The summed E-state index contributed by atoms with van der Waals surface area (Å²) in [6, 6.07) is 7.18. The average Bonchev–Trinajstić information content (AvgIpc) is 2.43. The van der Waals surface area contributed by atoms with Gasteiger partial charge in [-0.25, -0.2) is 0 Å². The lowest BCUT2D eigenvalue weighted by Crippen LogP contribution is -2.33. The predicted octanol–water partition coefficient (Wildman–Crippen LogP) is 0.0224. The molecule has 6 heteroatoms. The summed E-state index contributed by atoms with van der Waals surface area (Å²) < 4.78 is 5.20. The van der Waals surface area contributed by atoms with Crippen LogP contribution in [0.2, 0.25) is 0 Å². The molecule has 0 spiro atoms. The third kappa shape index (κ3) is 5.71. The van der Waals surface area contributed by atoms with Gasteiger partial charge in [0, 0.05) is 19.0 Å². The van der Waals surface area contributed by atoms with E-state index in [1.165, 1.54) is 0 Å².